The minimum atomic E-state index is -0.113. The third kappa shape index (κ3) is 2.30. The second kappa shape index (κ2) is 4.32. The number of rotatable bonds is 2. The van der Waals surface area contributed by atoms with E-state index < -0.39 is 0 Å². The summed E-state index contributed by atoms with van der Waals surface area (Å²) in [7, 11) is 0. The molecule has 2 aromatic rings. The van der Waals surface area contributed by atoms with Gasteiger partial charge in [0.2, 0.25) is 0 Å². The normalized spacial score (nSPS) is 13.1. The van der Waals surface area contributed by atoms with E-state index in [9.17, 15) is 0 Å². The van der Waals surface area contributed by atoms with Gasteiger partial charge in [-0.3, -0.25) is 0 Å². The monoisotopic (exact) mass is 304 g/mol. The molecule has 2 rings (SSSR count). The van der Waals surface area contributed by atoms with E-state index in [4.69, 9.17) is 16.0 Å². The number of halogens is 2. The van der Waals surface area contributed by atoms with Crippen LogP contribution in [0.5, 0.6) is 0 Å². The van der Waals surface area contributed by atoms with Crippen LogP contribution < -0.4 is 0 Å². The lowest BCUT2D eigenvalue weighted by molar-refractivity contribution is 0.532. The smallest absolute Gasteiger partial charge is 0.101 e. The Morgan fingerprint density at radius 2 is 2.13 bits per heavy atom. The van der Waals surface area contributed by atoms with Crippen molar-refractivity contribution in [2.45, 2.75) is 19.2 Å². The zero-order valence-electron chi connectivity index (χ0n) is 8.38. The summed E-state index contributed by atoms with van der Waals surface area (Å²) >= 11 is 11.6. The van der Waals surface area contributed by atoms with Gasteiger partial charge in [0.05, 0.1) is 11.6 Å². The van der Waals surface area contributed by atoms with Crippen LogP contribution >= 0.6 is 38.9 Å². The third-order valence-corrected chi connectivity index (χ3v) is 4.99. The van der Waals surface area contributed by atoms with Crippen molar-refractivity contribution in [3.8, 4) is 0 Å². The van der Waals surface area contributed by atoms with Crippen molar-refractivity contribution in [3.63, 3.8) is 0 Å². The van der Waals surface area contributed by atoms with Gasteiger partial charge in [-0.1, -0.05) is 0 Å². The van der Waals surface area contributed by atoms with Gasteiger partial charge in [0, 0.05) is 19.8 Å². The van der Waals surface area contributed by atoms with Gasteiger partial charge in [0.1, 0.15) is 5.76 Å². The Morgan fingerprint density at radius 1 is 1.40 bits per heavy atom. The molecule has 0 spiro atoms. The molecule has 0 saturated heterocycles. The molecule has 1 unspecified atom stereocenters. The van der Waals surface area contributed by atoms with Crippen molar-refractivity contribution < 1.29 is 4.42 Å². The Balaban J connectivity index is 2.31. The molecule has 0 fully saturated rings. The predicted octanol–water partition coefficient (Wildman–Crippen LogP) is 5.05. The number of aryl methyl sites for hydroxylation is 2. The fourth-order valence-electron chi connectivity index (χ4n) is 1.37. The van der Waals surface area contributed by atoms with Crippen LogP contribution in [-0.2, 0) is 0 Å². The summed E-state index contributed by atoms with van der Waals surface area (Å²) in [5, 5.41) is -0.113. The van der Waals surface area contributed by atoms with Gasteiger partial charge in [-0.2, -0.15) is 0 Å². The van der Waals surface area contributed by atoms with Gasteiger partial charge in [0.15, 0.2) is 0 Å². The highest BCUT2D eigenvalue weighted by Crippen LogP contribution is 2.37. The molecule has 0 radical (unpaired) electrons. The molecule has 1 nitrogen and oxygen atoms in total. The average molecular weight is 306 g/mol. The first kappa shape index (κ1) is 11.2. The number of alkyl halides is 1. The summed E-state index contributed by atoms with van der Waals surface area (Å²) < 4.78 is 6.37. The lowest BCUT2D eigenvalue weighted by Crippen LogP contribution is -1.85. The maximum Gasteiger partial charge on any atom is 0.101 e. The van der Waals surface area contributed by atoms with Crippen LogP contribution in [0, 0.1) is 13.8 Å². The van der Waals surface area contributed by atoms with Crippen molar-refractivity contribution in [1.29, 1.82) is 0 Å². The largest absolute Gasteiger partial charge is 0.469 e. The Kier molecular flexibility index (Phi) is 3.24. The van der Waals surface area contributed by atoms with Crippen molar-refractivity contribution in [2.75, 3.05) is 0 Å². The zero-order valence-corrected chi connectivity index (χ0v) is 11.5. The SMILES string of the molecule is Cc1cc(C(Cl)c2cc(Br)c(C)s2)co1. The highest BCUT2D eigenvalue weighted by Gasteiger charge is 2.16. The molecule has 0 aliphatic heterocycles. The van der Waals surface area contributed by atoms with E-state index in [2.05, 4.69) is 28.9 Å². The first-order chi connectivity index (χ1) is 7.08. The lowest BCUT2D eigenvalue weighted by atomic mass is 10.2. The van der Waals surface area contributed by atoms with Crippen LogP contribution in [0.3, 0.4) is 0 Å². The van der Waals surface area contributed by atoms with Gasteiger partial charge < -0.3 is 4.42 Å². The average Bonchev–Trinajstić information content (AvgIpc) is 2.74. The van der Waals surface area contributed by atoms with Crippen LogP contribution in [0.4, 0.5) is 0 Å². The predicted molar refractivity (Wildman–Crippen MR) is 67.9 cm³/mol. The maximum absolute atomic E-state index is 6.36. The number of furan rings is 1. The van der Waals surface area contributed by atoms with Crippen molar-refractivity contribution in [1.82, 2.24) is 0 Å². The molecular weight excluding hydrogens is 296 g/mol. The van der Waals surface area contributed by atoms with Gasteiger partial charge in [-0.05, 0) is 41.9 Å². The van der Waals surface area contributed by atoms with Crippen LogP contribution in [0.2, 0.25) is 0 Å². The molecule has 0 aliphatic rings. The minimum absolute atomic E-state index is 0.113. The van der Waals surface area contributed by atoms with Crippen molar-refractivity contribution in [3.05, 3.63) is 43.9 Å². The first-order valence-electron chi connectivity index (χ1n) is 4.53. The molecule has 0 bridgehead atoms. The molecule has 1 atom stereocenters. The number of thiophene rings is 1. The van der Waals surface area contributed by atoms with Gasteiger partial charge in [-0.25, -0.2) is 0 Å². The van der Waals surface area contributed by atoms with E-state index in [1.54, 1.807) is 17.6 Å². The van der Waals surface area contributed by atoms with Crippen molar-refractivity contribution in [2.24, 2.45) is 0 Å². The molecule has 0 N–H and O–H groups in total. The second-order valence-corrected chi connectivity index (χ2v) is 5.98. The summed E-state index contributed by atoms with van der Waals surface area (Å²) in [6.07, 6.45) is 1.72. The Morgan fingerprint density at radius 3 is 2.60 bits per heavy atom. The van der Waals surface area contributed by atoms with Crippen LogP contribution in [-0.4, -0.2) is 0 Å². The standard InChI is InChI=1S/C11H10BrClOS/c1-6-3-8(5-14-6)11(13)10-4-9(12)7(2)15-10/h3-5,11H,1-2H3. The molecule has 80 valence electrons. The summed E-state index contributed by atoms with van der Waals surface area (Å²) in [5.74, 6) is 0.892. The Bertz CT molecular complexity index is 455. The van der Waals surface area contributed by atoms with Gasteiger partial charge in [0.25, 0.3) is 0 Å². The topological polar surface area (TPSA) is 13.1 Å². The highest BCUT2D eigenvalue weighted by atomic mass is 79.9. The molecule has 0 amide bonds. The Labute approximate surface area is 106 Å². The van der Waals surface area contributed by atoms with Crippen molar-refractivity contribution >= 4 is 38.9 Å². The first-order valence-corrected chi connectivity index (χ1v) is 6.57. The summed E-state index contributed by atoms with van der Waals surface area (Å²) in [6, 6.07) is 4.04. The van der Waals surface area contributed by atoms with Crippen LogP contribution in [0.25, 0.3) is 0 Å². The molecule has 15 heavy (non-hydrogen) atoms. The molecule has 2 aromatic heterocycles. The molecule has 4 heteroatoms. The second-order valence-electron chi connectivity index (χ2n) is 3.41. The number of hydrogen-bond donors (Lipinski definition) is 0. The van der Waals surface area contributed by atoms with E-state index in [1.165, 1.54) is 4.88 Å². The van der Waals surface area contributed by atoms with E-state index in [1.807, 2.05) is 13.0 Å². The van der Waals surface area contributed by atoms with Gasteiger partial charge >= 0.3 is 0 Å². The van der Waals surface area contributed by atoms with E-state index in [0.717, 1.165) is 20.7 Å². The number of hydrogen-bond acceptors (Lipinski definition) is 2. The van der Waals surface area contributed by atoms with E-state index >= 15 is 0 Å². The fourth-order valence-corrected chi connectivity index (χ4v) is 3.25. The third-order valence-electron chi connectivity index (χ3n) is 2.17. The lowest BCUT2D eigenvalue weighted by Gasteiger charge is -2.02. The summed E-state index contributed by atoms with van der Waals surface area (Å²) in [4.78, 5) is 2.39. The minimum Gasteiger partial charge on any atom is -0.469 e. The maximum atomic E-state index is 6.36. The van der Waals surface area contributed by atoms with E-state index in [-0.39, 0.29) is 5.38 Å². The highest BCUT2D eigenvalue weighted by molar-refractivity contribution is 9.10. The summed E-state index contributed by atoms with van der Waals surface area (Å²) in [5.41, 5.74) is 1.02. The molecular formula is C11H10BrClOS. The zero-order chi connectivity index (χ0) is 11.0. The molecule has 2 heterocycles. The van der Waals surface area contributed by atoms with Crippen LogP contribution in [0.15, 0.2) is 27.3 Å². The fraction of sp³-hybridized carbons (Fsp3) is 0.273. The van der Waals surface area contributed by atoms with Crippen LogP contribution in [0.1, 0.15) is 26.5 Å². The summed E-state index contributed by atoms with van der Waals surface area (Å²) in [6.45, 7) is 3.99. The Hall–Kier alpha value is -0.250. The van der Waals surface area contributed by atoms with Gasteiger partial charge in [-0.15, -0.1) is 22.9 Å². The molecule has 0 aromatic carbocycles. The molecule has 0 aliphatic carbocycles. The molecule has 0 saturated carbocycles. The van der Waals surface area contributed by atoms with E-state index in [0.29, 0.717) is 0 Å². The quantitative estimate of drug-likeness (QED) is 0.708.